The molecule has 144 valence electrons. The Morgan fingerprint density at radius 2 is 1.93 bits per heavy atom. The van der Waals surface area contributed by atoms with Gasteiger partial charge in [0, 0.05) is 33.1 Å². The molecule has 1 amide bonds. The number of rotatable bonds is 3. The normalized spacial score (nSPS) is 19.6. The monoisotopic (exact) mass is 376 g/mol. The zero-order valence-corrected chi connectivity index (χ0v) is 16.1. The first-order chi connectivity index (χ1) is 13.5. The number of amides is 1. The molecule has 0 saturated carbocycles. The summed E-state index contributed by atoms with van der Waals surface area (Å²) in [5.41, 5.74) is 1.47. The molecular weight excluding hydrogens is 352 g/mol. The van der Waals surface area contributed by atoms with Crippen LogP contribution in [0.5, 0.6) is 0 Å². The van der Waals surface area contributed by atoms with Crippen molar-refractivity contribution in [3.8, 4) is 0 Å². The summed E-state index contributed by atoms with van der Waals surface area (Å²) in [5, 5.41) is 13.2. The Balaban J connectivity index is 1.52. The number of anilines is 1. The highest BCUT2D eigenvalue weighted by atomic mass is 16.3. The summed E-state index contributed by atoms with van der Waals surface area (Å²) >= 11 is 0. The van der Waals surface area contributed by atoms with E-state index >= 15 is 0 Å². The van der Waals surface area contributed by atoms with Gasteiger partial charge in [0.15, 0.2) is 0 Å². The summed E-state index contributed by atoms with van der Waals surface area (Å²) in [6.45, 7) is 1.22. The molecule has 6 heteroatoms. The fourth-order valence-corrected chi connectivity index (χ4v) is 3.81. The molecule has 1 fully saturated rings. The fraction of sp³-hybridized carbons (Fsp3) is 0.318. The van der Waals surface area contributed by atoms with E-state index in [0.29, 0.717) is 18.1 Å². The van der Waals surface area contributed by atoms with Crippen LogP contribution in [0, 0.1) is 0 Å². The second kappa shape index (κ2) is 7.56. The summed E-state index contributed by atoms with van der Waals surface area (Å²) in [6.07, 6.45) is 3.43. The SMILES string of the molecule is CN(C)C(=O)c1cncc(N2CC[C@@H](c3ccc4ccccc4c3)[C@H](O)C2)n1. The fourth-order valence-electron chi connectivity index (χ4n) is 3.81. The van der Waals surface area contributed by atoms with E-state index in [9.17, 15) is 9.90 Å². The molecule has 6 nitrogen and oxygen atoms in total. The van der Waals surface area contributed by atoms with E-state index in [1.165, 1.54) is 21.9 Å². The van der Waals surface area contributed by atoms with Gasteiger partial charge in [-0.2, -0.15) is 0 Å². The lowest BCUT2D eigenvalue weighted by atomic mass is 9.86. The number of aromatic nitrogens is 2. The summed E-state index contributed by atoms with van der Waals surface area (Å²) < 4.78 is 0. The predicted molar refractivity (Wildman–Crippen MR) is 110 cm³/mol. The minimum atomic E-state index is -0.509. The van der Waals surface area contributed by atoms with Gasteiger partial charge in [-0.15, -0.1) is 0 Å². The average Bonchev–Trinajstić information content (AvgIpc) is 2.72. The van der Waals surface area contributed by atoms with Gasteiger partial charge in [0.25, 0.3) is 5.91 Å². The molecular formula is C22H24N4O2. The first-order valence-electron chi connectivity index (χ1n) is 9.48. The van der Waals surface area contributed by atoms with Crippen LogP contribution in [0.2, 0.25) is 0 Å². The number of carbonyl (C=O) groups is 1. The van der Waals surface area contributed by atoms with Crippen LogP contribution in [0.4, 0.5) is 5.82 Å². The highest BCUT2D eigenvalue weighted by molar-refractivity contribution is 5.92. The molecule has 0 radical (unpaired) electrons. The predicted octanol–water partition coefficient (Wildman–Crippen LogP) is 2.69. The lowest BCUT2D eigenvalue weighted by Gasteiger charge is -2.37. The number of β-amino-alcohol motifs (C(OH)–C–C–N with tert-alkyl or cyclic N) is 1. The highest BCUT2D eigenvalue weighted by Gasteiger charge is 2.30. The first-order valence-corrected chi connectivity index (χ1v) is 9.48. The molecule has 1 N–H and O–H groups in total. The van der Waals surface area contributed by atoms with E-state index < -0.39 is 6.10 Å². The molecule has 4 rings (SSSR count). The summed E-state index contributed by atoms with van der Waals surface area (Å²) in [5.74, 6) is 0.532. The van der Waals surface area contributed by atoms with Crippen molar-refractivity contribution in [2.45, 2.75) is 18.4 Å². The molecule has 2 atom stereocenters. The van der Waals surface area contributed by atoms with Crippen LogP contribution in [0.25, 0.3) is 10.8 Å². The number of aliphatic hydroxyl groups excluding tert-OH is 1. The zero-order chi connectivity index (χ0) is 19.7. The molecule has 2 aromatic carbocycles. The van der Waals surface area contributed by atoms with Crippen LogP contribution < -0.4 is 4.90 Å². The Kier molecular flexibility index (Phi) is 4.96. The zero-order valence-electron chi connectivity index (χ0n) is 16.1. The van der Waals surface area contributed by atoms with Crippen LogP contribution >= 0.6 is 0 Å². The number of piperidine rings is 1. The number of benzene rings is 2. The maximum absolute atomic E-state index is 12.1. The molecule has 1 aliphatic heterocycles. The van der Waals surface area contributed by atoms with Gasteiger partial charge in [-0.05, 0) is 22.8 Å². The van der Waals surface area contributed by atoms with Gasteiger partial charge in [0.05, 0.1) is 18.5 Å². The first kappa shape index (κ1) is 18.4. The lowest BCUT2D eigenvalue weighted by molar-refractivity contribution is 0.0821. The van der Waals surface area contributed by atoms with E-state index in [-0.39, 0.29) is 11.8 Å². The lowest BCUT2D eigenvalue weighted by Crippen LogP contribution is -2.43. The van der Waals surface area contributed by atoms with E-state index in [1.807, 2.05) is 17.0 Å². The number of fused-ring (bicyclic) bond motifs is 1. The molecule has 0 spiro atoms. The van der Waals surface area contributed by atoms with Crippen molar-refractivity contribution in [3.05, 3.63) is 66.1 Å². The van der Waals surface area contributed by atoms with Crippen molar-refractivity contribution >= 4 is 22.5 Å². The van der Waals surface area contributed by atoms with Gasteiger partial charge in [0.2, 0.25) is 0 Å². The summed E-state index contributed by atoms with van der Waals surface area (Å²) in [7, 11) is 3.38. The van der Waals surface area contributed by atoms with Gasteiger partial charge in [-0.25, -0.2) is 4.98 Å². The third kappa shape index (κ3) is 3.55. The Bertz CT molecular complexity index is 1000. The van der Waals surface area contributed by atoms with Crippen molar-refractivity contribution < 1.29 is 9.90 Å². The minimum absolute atomic E-state index is 0.0837. The second-order valence-corrected chi connectivity index (χ2v) is 7.48. The molecule has 0 bridgehead atoms. The molecule has 2 heterocycles. The van der Waals surface area contributed by atoms with Crippen LogP contribution in [-0.2, 0) is 0 Å². The maximum atomic E-state index is 12.1. The number of nitrogens with zero attached hydrogens (tertiary/aromatic N) is 4. The smallest absolute Gasteiger partial charge is 0.273 e. The van der Waals surface area contributed by atoms with Crippen molar-refractivity contribution in [3.63, 3.8) is 0 Å². The molecule has 3 aromatic rings. The molecule has 1 saturated heterocycles. The van der Waals surface area contributed by atoms with Crippen molar-refractivity contribution in [1.82, 2.24) is 14.9 Å². The molecule has 0 unspecified atom stereocenters. The van der Waals surface area contributed by atoms with Crippen molar-refractivity contribution in [2.24, 2.45) is 0 Å². The largest absolute Gasteiger partial charge is 0.391 e. The van der Waals surface area contributed by atoms with Crippen molar-refractivity contribution in [1.29, 1.82) is 0 Å². The Morgan fingerprint density at radius 1 is 1.14 bits per heavy atom. The third-order valence-corrected chi connectivity index (χ3v) is 5.35. The number of hydrogen-bond acceptors (Lipinski definition) is 5. The highest BCUT2D eigenvalue weighted by Crippen LogP contribution is 2.32. The number of hydrogen-bond donors (Lipinski definition) is 1. The van der Waals surface area contributed by atoms with Crippen LogP contribution in [0.15, 0.2) is 54.9 Å². The van der Waals surface area contributed by atoms with E-state index in [0.717, 1.165) is 18.5 Å². The topological polar surface area (TPSA) is 69.6 Å². The maximum Gasteiger partial charge on any atom is 0.273 e. The van der Waals surface area contributed by atoms with E-state index in [4.69, 9.17) is 0 Å². The Labute approximate surface area is 164 Å². The summed E-state index contributed by atoms with van der Waals surface area (Å²) in [4.78, 5) is 24.2. The van der Waals surface area contributed by atoms with E-state index in [1.54, 1.807) is 20.3 Å². The Hall–Kier alpha value is -2.99. The molecule has 28 heavy (non-hydrogen) atoms. The third-order valence-electron chi connectivity index (χ3n) is 5.35. The summed E-state index contributed by atoms with van der Waals surface area (Å²) in [6, 6.07) is 14.7. The van der Waals surface area contributed by atoms with Crippen molar-refractivity contribution in [2.75, 3.05) is 32.1 Å². The van der Waals surface area contributed by atoms with Crippen LogP contribution in [-0.4, -0.2) is 59.2 Å². The van der Waals surface area contributed by atoms with Crippen LogP contribution in [0.1, 0.15) is 28.4 Å². The van der Waals surface area contributed by atoms with Gasteiger partial charge in [0.1, 0.15) is 11.5 Å². The molecule has 1 aromatic heterocycles. The van der Waals surface area contributed by atoms with E-state index in [2.05, 4.69) is 40.3 Å². The van der Waals surface area contributed by atoms with Gasteiger partial charge < -0.3 is 14.9 Å². The molecule has 0 aliphatic carbocycles. The van der Waals surface area contributed by atoms with Gasteiger partial charge in [-0.1, -0.05) is 42.5 Å². The Morgan fingerprint density at radius 3 is 2.68 bits per heavy atom. The van der Waals surface area contributed by atoms with Gasteiger partial charge >= 0.3 is 0 Å². The average molecular weight is 376 g/mol. The minimum Gasteiger partial charge on any atom is -0.391 e. The quantitative estimate of drug-likeness (QED) is 0.761. The standard InChI is InChI=1S/C22H24N4O2/c1-25(2)22(28)19-12-23-13-21(24-19)26-10-9-18(20(27)14-26)17-8-7-15-5-3-4-6-16(15)11-17/h3-8,11-13,18,20,27H,9-10,14H2,1-2H3/t18-,20+/m0/s1. The van der Waals surface area contributed by atoms with Gasteiger partial charge in [-0.3, -0.25) is 9.78 Å². The van der Waals surface area contributed by atoms with Crippen LogP contribution in [0.3, 0.4) is 0 Å². The number of carbonyl (C=O) groups excluding carboxylic acids is 1. The molecule has 1 aliphatic rings. The number of aliphatic hydroxyl groups is 1. The second-order valence-electron chi connectivity index (χ2n) is 7.48.